The summed E-state index contributed by atoms with van der Waals surface area (Å²) < 4.78 is 2.38. The third kappa shape index (κ3) is 5.25. The van der Waals surface area contributed by atoms with Crippen LogP contribution in [0.1, 0.15) is 52.3 Å². The van der Waals surface area contributed by atoms with E-state index in [0.29, 0.717) is 0 Å². The number of nitrogens with one attached hydrogen (secondary N) is 2. The number of aromatic nitrogens is 2. The predicted molar refractivity (Wildman–Crippen MR) is 156 cm³/mol. The fraction of sp³-hybridized carbons (Fsp3) is 0.290. The van der Waals surface area contributed by atoms with Crippen molar-refractivity contribution in [2.24, 2.45) is 0 Å². The van der Waals surface area contributed by atoms with E-state index in [9.17, 15) is 0 Å². The van der Waals surface area contributed by atoms with Gasteiger partial charge in [0, 0.05) is 42.0 Å². The van der Waals surface area contributed by atoms with Crippen molar-refractivity contribution in [1.29, 1.82) is 0 Å². The monoisotopic (exact) mass is 509 g/mol. The normalized spacial score (nSPS) is 17.2. The summed E-state index contributed by atoms with van der Waals surface area (Å²) in [6, 6.07) is 25.6. The van der Waals surface area contributed by atoms with Crippen LogP contribution in [0.25, 0.3) is 5.69 Å². The molecule has 0 aliphatic carbocycles. The van der Waals surface area contributed by atoms with Crippen molar-refractivity contribution in [1.82, 2.24) is 19.8 Å². The third-order valence-electron chi connectivity index (χ3n) is 7.13. The molecule has 2 aromatic heterocycles. The summed E-state index contributed by atoms with van der Waals surface area (Å²) in [4.78, 5) is 7.07. The Morgan fingerprint density at radius 3 is 2.35 bits per heavy atom. The number of rotatable bonds is 8. The van der Waals surface area contributed by atoms with Crippen molar-refractivity contribution < 1.29 is 0 Å². The van der Waals surface area contributed by atoms with Gasteiger partial charge in [-0.3, -0.25) is 4.98 Å². The Balaban J connectivity index is 1.47. The topological polar surface area (TPSA) is 45.1 Å². The minimum Gasteiger partial charge on any atom is -0.385 e. The smallest absolute Gasteiger partial charge is 0.170 e. The SMILES string of the molecule is Cc1cc(C)cc(-n2c(C)cc(C3C(c4ccccn4)NC(=S)N3CCCNc3ccccc3)c2C)c1. The lowest BCUT2D eigenvalue weighted by atomic mass is 9.96. The van der Waals surface area contributed by atoms with Gasteiger partial charge in [0.05, 0.1) is 17.8 Å². The van der Waals surface area contributed by atoms with Crippen LogP contribution in [-0.2, 0) is 0 Å². The summed E-state index contributed by atoms with van der Waals surface area (Å²) in [5, 5.41) is 7.93. The maximum Gasteiger partial charge on any atom is 0.170 e. The maximum absolute atomic E-state index is 5.91. The molecule has 190 valence electrons. The van der Waals surface area contributed by atoms with E-state index in [1.54, 1.807) is 0 Å². The Hall–Kier alpha value is -3.64. The van der Waals surface area contributed by atoms with E-state index in [1.807, 2.05) is 18.3 Å². The van der Waals surface area contributed by atoms with Crippen molar-refractivity contribution in [2.75, 3.05) is 18.4 Å². The molecule has 5 nitrogen and oxygen atoms in total. The largest absolute Gasteiger partial charge is 0.385 e. The number of thiocarbonyl (C=S) groups is 1. The molecule has 2 atom stereocenters. The first-order valence-corrected chi connectivity index (χ1v) is 13.4. The van der Waals surface area contributed by atoms with E-state index in [0.717, 1.165) is 36.0 Å². The number of hydrogen-bond acceptors (Lipinski definition) is 3. The number of aryl methyl sites for hydroxylation is 3. The molecule has 3 heterocycles. The molecule has 1 fully saturated rings. The number of pyridine rings is 1. The van der Waals surface area contributed by atoms with E-state index < -0.39 is 0 Å². The van der Waals surface area contributed by atoms with E-state index in [-0.39, 0.29) is 12.1 Å². The highest BCUT2D eigenvalue weighted by Crippen LogP contribution is 2.41. The second-order valence-electron chi connectivity index (χ2n) is 9.97. The number of hydrogen-bond donors (Lipinski definition) is 2. The van der Waals surface area contributed by atoms with Crippen molar-refractivity contribution in [3.8, 4) is 5.69 Å². The quantitative estimate of drug-likeness (QED) is 0.207. The van der Waals surface area contributed by atoms with Crippen LogP contribution in [0.15, 0.2) is 79.0 Å². The van der Waals surface area contributed by atoms with Gasteiger partial charge in [0.2, 0.25) is 0 Å². The fourth-order valence-electron chi connectivity index (χ4n) is 5.59. The van der Waals surface area contributed by atoms with Crippen LogP contribution in [0.4, 0.5) is 5.69 Å². The highest BCUT2D eigenvalue weighted by molar-refractivity contribution is 7.80. The standard InChI is InChI=1S/C31H35N5S/c1-21-17-22(2)19-26(18-21)36-23(3)20-27(24(36)4)30-29(28-13-8-9-14-33-28)34-31(37)35(30)16-10-15-32-25-11-6-5-7-12-25/h5-9,11-14,17-20,29-30,32H,10,15-16H2,1-4H3,(H,34,37). The van der Waals surface area contributed by atoms with Gasteiger partial charge in [-0.2, -0.15) is 0 Å². The first-order chi connectivity index (χ1) is 17.9. The number of anilines is 1. The highest BCUT2D eigenvalue weighted by atomic mass is 32.1. The van der Waals surface area contributed by atoms with Crippen LogP contribution in [0.2, 0.25) is 0 Å². The second kappa shape index (κ2) is 10.8. The summed E-state index contributed by atoms with van der Waals surface area (Å²) in [6.45, 7) is 10.5. The molecule has 1 aliphatic rings. The molecule has 37 heavy (non-hydrogen) atoms. The van der Waals surface area contributed by atoms with Gasteiger partial charge in [0.15, 0.2) is 5.11 Å². The molecule has 0 amide bonds. The summed E-state index contributed by atoms with van der Waals surface area (Å²) in [6.07, 6.45) is 2.83. The molecule has 4 aromatic rings. The molecule has 0 saturated carbocycles. The Bertz CT molecular complexity index is 1360. The van der Waals surface area contributed by atoms with Gasteiger partial charge in [-0.25, -0.2) is 0 Å². The Morgan fingerprint density at radius 2 is 1.65 bits per heavy atom. The minimum absolute atomic E-state index is 0.0102. The van der Waals surface area contributed by atoms with Gasteiger partial charge in [0.1, 0.15) is 0 Å². The highest BCUT2D eigenvalue weighted by Gasteiger charge is 2.41. The van der Waals surface area contributed by atoms with Gasteiger partial charge < -0.3 is 20.1 Å². The van der Waals surface area contributed by atoms with Crippen molar-refractivity contribution in [3.05, 3.63) is 113 Å². The molecule has 6 heteroatoms. The summed E-state index contributed by atoms with van der Waals surface area (Å²) in [7, 11) is 0. The molecule has 0 radical (unpaired) electrons. The van der Waals surface area contributed by atoms with Crippen molar-refractivity contribution >= 4 is 23.0 Å². The molecule has 0 bridgehead atoms. The summed E-state index contributed by atoms with van der Waals surface area (Å²) in [5.74, 6) is 0. The fourth-order valence-corrected chi connectivity index (χ4v) is 5.92. The average Bonchev–Trinajstić information content (AvgIpc) is 3.37. The van der Waals surface area contributed by atoms with Gasteiger partial charge in [-0.05, 0) is 105 Å². The van der Waals surface area contributed by atoms with Crippen LogP contribution in [-0.4, -0.2) is 32.7 Å². The van der Waals surface area contributed by atoms with Crippen LogP contribution in [0, 0.1) is 27.7 Å². The van der Waals surface area contributed by atoms with E-state index in [1.165, 1.54) is 33.8 Å². The van der Waals surface area contributed by atoms with E-state index in [4.69, 9.17) is 17.2 Å². The molecule has 0 spiro atoms. The Morgan fingerprint density at radius 1 is 0.919 bits per heavy atom. The van der Waals surface area contributed by atoms with Crippen LogP contribution >= 0.6 is 12.2 Å². The lowest BCUT2D eigenvalue weighted by Gasteiger charge is -2.28. The van der Waals surface area contributed by atoms with Crippen LogP contribution in [0.5, 0.6) is 0 Å². The second-order valence-corrected chi connectivity index (χ2v) is 10.4. The molecule has 2 N–H and O–H groups in total. The zero-order valence-corrected chi connectivity index (χ0v) is 22.8. The van der Waals surface area contributed by atoms with Crippen LogP contribution in [0.3, 0.4) is 0 Å². The van der Waals surface area contributed by atoms with Gasteiger partial charge >= 0.3 is 0 Å². The van der Waals surface area contributed by atoms with Crippen molar-refractivity contribution in [2.45, 2.75) is 46.2 Å². The van der Waals surface area contributed by atoms with E-state index >= 15 is 0 Å². The molecule has 1 aliphatic heterocycles. The molecule has 5 rings (SSSR count). The third-order valence-corrected chi connectivity index (χ3v) is 7.48. The number of benzene rings is 2. The zero-order valence-electron chi connectivity index (χ0n) is 22.0. The zero-order chi connectivity index (χ0) is 25.9. The first kappa shape index (κ1) is 25.0. The molecular formula is C31H35N5S. The Kier molecular flexibility index (Phi) is 7.28. The average molecular weight is 510 g/mol. The number of para-hydroxylation sites is 1. The van der Waals surface area contributed by atoms with Crippen molar-refractivity contribution in [3.63, 3.8) is 0 Å². The van der Waals surface area contributed by atoms with Gasteiger partial charge in [-0.1, -0.05) is 30.3 Å². The minimum atomic E-state index is -0.0102. The number of nitrogens with zero attached hydrogens (tertiary/aromatic N) is 3. The van der Waals surface area contributed by atoms with Crippen LogP contribution < -0.4 is 10.6 Å². The molecule has 1 saturated heterocycles. The van der Waals surface area contributed by atoms with Gasteiger partial charge in [0.25, 0.3) is 0 Å². The van der Waals surface area contributed by atoms with E-state index in [2.05, 4.69) is 108 Å². The Labute approximate surface area is 225 Å². The molecule has 2 aromatic carbocycles. The molecule has 2 unspecified atom stereocenters. The lowest BCUT2D eigenvalue weighted by Crippen LogP contribution is -2.31. The summed E-state index contributed by atoms with van der Waals surface area (Å²) in [5.41, 5.74) is 9.66. The molecular weight excluding hydrogens is 474 g/mol. The first-order valence-electron chi connectivity index (χ1n) is 13.0. The maximum atomic E-state index is 5.91. The lowest BCUT2D eigenvalue weighted by molar-refractivity contribution is 0.315. The predicted octanol–water partition coefficient (Wildman–Crippen LogP) is 6.58. The van der Waals surface area contributed by atoms with Gasteiger partial charge in [-0.15, -0.1) is 0 Å². The summed E-state index contributed by atoms with van der Waals surface area (Å²) >= 11 is 5.91.